The predicted octanol–water partition coefficient (Wildman–Crippen LogP) is 6.06. The Labute approximate surface area is 202 Å². The van der Waals surface area contributed by atoms with Crippen molar-refractivity contribution in [3.63, 3.8) is 0 Å². The summed E-state index contributed by atoms with van der Waals surface area (Å²) in [5.74, 6) is 2.56. The molecule has 0 saturated carbocycles. The van der Waals surface area contributed by atoms with Crippen molar-refractivity contribution in [1.29, 1.82) is 0 Å². The van der Waals surface area contributed by atoms with Crippen molar-refractivity contribution in [3.05, 3.63) is 89.4 Å². The van der Waals surface area contributed by atoms with Gasteiger partial charge in [-0.25, -0.2) is 9.97 Å². The molecule has 2 aromatic heterocycles. The molecular weight excluding hydrogens is 424 g/mol. The molecule has 34 heavy (non-hydrogen) atoms. The average Bonchev–Trinajstić information content (AvgIpc) is 2.84. The third-order valence-electron chi connectivity index (χ3n) is 5.75. The van der Waals surface area contributed by atoms with E-state index in [0.717, 1.165) is 52.2 Å². The lowest BCUT2D eigenvalue weighted by Gasteiger charge is -2.31. The molecule has 3 aromatic rings. The second-order valence-corrected chi connectivity index (χ2v) is 9.57. The summed E-state index contributed by atoms with van der Waals surface area (Å²) < 4.78 is 11.5. The van der Waals surface area contributed by atoms with Crippen LogP contribution in [-0.2, 0) is 16.8 Å². The van der Waals surface area contributed by atoms with Crippen molar-refractivity contribution >= 4 is 5.69 Å². The second-order valence-electron chi connectivity index (χ2n) is 9.57. The fourth-order valence-electron chi connectivity index (χ4n) is 3.80. The van der Waals surface area contributed by atoms with Gasteiger partial charge in [0.05, 0.1) is 18.5 Å². The number of rotatable bonds is 6. The molecular formula is C28H32N4O2. The largest absolute Gasteiger partial charge is 0.497 e. The molecule has 1 aliphatic heterocycles. The normalized spacial score (nSPS) is 14.2. The van der Waals surface area contributed by atoms with Gasteiger partial charge in [-0.3, -0.25) is 4.98 Å². The molecule has 3 heterocycles. The molecule has 0 fully saturated rings. The highest BCUT2D eigenvalue weighted by Gasteiger charge is 2.20. The van der Waals surface area contributed by atoms with E-state index in [0.29, 0.717) is 6.61 Å². The molecule has 6 heteroatoms. The maximum Gasteiger partial charge on any atom is 0.134 e. The van der Waals surface area contributed by atoms with E-state index in [4.69, 9.17) is 14.5 Å². The summed E-state index contributed by atoms with van der Waals surface area (Å²) in [5, 5.41) is 0. The molecule has 0 aliphatic carbocycles. The smallest absolute Gasteiger partial charge is 0.134 e. The van der Waals surface area contributed by atoms with Gasteiger partial charge in [-0.1, -0.05) is 32.9 Å². The van der Waals surface area contributed by atoms with Gasteiger partial charge in [0.25, 0.3) is 0 Å². The number of hydrogen-bond acceptors (Lipinski definition) is 6. The number of benzene rings is 1. The van der Waals surface area contributed by atoms with Crippen LogP contribution in [0.4, 0.5) is 5.69 Å². The second kappa shape index (κ2) is 9.67. The summed E-state index contributed by atoms with van der Waals surface area (Å²) in [4.78, 5) is 16.1. The Kier molecular flexibility index (Phi) is 6.68. The number of allylic oxidation sites excluding steroid dienone is 2. The van der Waals surface area contributed by atoms with E-state index in [-0.39, 0.29) is 5.41 Å². The molecule has 0 saturated heterocycles. The van der Waals surface area contributed by atoms with E-state index < -0.39 is 0 Å². The van der Waals surface area contributed by atoms with Gasteiger partial charge in [0.1, 0.15) is 23.9 Å². The number of anilines is 1. The zero-order valence-corrected chi connectivity index (χ0v) is 20.8. The number of hydrogen-bond donors (Lipinski definition) is 0. The number of ether oxygens (including phenoxy) is 2. The van der Waals surface area contributed by atoms with E-state index in [1.807, 2.05) is 48.8 Å². The van der Waals surface area contributed by atoms with Crippen LogP contribution in [0.3, 0.4) is 0 Å². The standard InChI is InChI=1S/C28H32N4O2/c1-19-17-32(20(2)14-26(19)34-18-21-8-7-9-23(15-21)33-6)22-10-12-29-25(16-22)24-11-13-30-27(31-24)28(3,4)5/h7-16H,17-18H2,1-6H3. The monoisotopic (exact) mass is 456 g/mol. The molecule has 0 unspecified atom stereocenters. The Morgan fingerprint density at radius 2 is 1.76 bits per heavy atom. The summed E-state index contributed by atoms with van der Waals surface area (Å²) in [6.45, 7) is 11.8. The van der Waals surface area contributed by atoms with Gasteiger partial charge >= 0.3 is 0 Å². The minimum absolute atomic E-state index is 0.122. The minimum atomic E-state index is -0.122. The van der Waals surface area contributed by atoms with Crippen LogP contribution in [0.15, 0.2) is 78.0 Å². The van der Waals surface area contributed by atoms with Gasteiger partial charge in [-0.15, -0.1) is 0 Å². The third-order valence-corrected chi connectivity index (χ3v) is 5.75. The van der Waals surface area contributed by atoms with Crippen LogP contribution in [0.1, 0.15) is 46.0 Å². The van der Waals surface area contributed by atoms with E-state index in [1.54, 1.807) is 7.11 Å². The van der Waals surface area contributed by atoms with Crippen LogP contribution in [0.5, 0.6) is 5.75 Å². The first-order valence-corrected chi connectivity index (χ1v) is 11.5. The highest BCUT2D eigenvalue weighted by molar-refractivity contribution is 5.64. The number of pyridine rings is 1. The van der Waals surface area contributed by atoms with Crippen LogP contribution in [0.25, 0.3) is 11.4 Å². The average molecular weight is 457 g/mol. The van der Waals surface area contributed by atoms with Crippen molar-refractivity contribution < 1.29 is 9.47 Å². The SMILES string of the molecule is COc1cccc(COC2=C(C)CN(c3ccnc(-c4ccnc(C(C)(C)C)n4)c3)C(C)=C2)c1. The van der Waals surface area contributed by atoms with E-state index in [2.05, 4.69) is 61.6 Å². The molecule has 1 aromatic carbocycles. The van der Waals surface area contributed by atoms with E-state index in [1.165, 1.54) is 5.57 Å². The summed E-state index contributed by atoms with van der Waals surface area (Å²) >= 11 is 0. The molecule has 0 atom stereocenters. The Morgan fingerprint density at radius 3 is 2.53 bits per heavy atom. The minimum Gasteiger partial charge on any atom is -0.497 e. The fourth-order valence-corrected chi connectivity index (χ4v) is 3.80. The van der Waals surface area contributed by atoms with Crippen molar-refractivity contribution in [2.75, 3.05) is 18.6 Å². The van der Waals surface area contributed by atoms with Crippen molar-refractivity contribution in [2.45, 2.75) is 46.6 Å². The van der Waals surface area contributed by atoms with Gasteiger partial charge < -0.3 is 14.4 Å². The Balaban J connectivity index is 1.52. The molecule has 0 N–H and O–H groups in total. The molecule has 0 amide bonds. The molecule has 0 radical (unpaired) electrons. The summed E-state index contributed by atoms with van der Waals surface area (Å²) in [6.07, 6.45) is 5.74. The van der Waals surface area contributed by atoms with Gasteiger partial charge in [0.2, 0.25) is 0 Å². The Morgan fingerprint density at radius 1 is 0.971 bits per heavy atom. The fraction of sp³-hybridized carbons (Fsp3) is 0.321. The zero-order chi connectivity index (χ0) is 24.3. The maximum absolute atomic E-state index is 6.17. The number of aromatic nitrogens is 3. The number of nitrogens with zero attached hydrogens (tertiary/aromatic N) is 4. The molecule has 1 aliphatic rings. The summed E-state index contributed by atoms with van der Waals surface area (Å²) in [7, 11) is 1.67. The van der Waals surface area contributed by atoms with Gasteiger partial charge in [0, 0.05) is 35.7 Å². The predicted molar refractivity (Wildman–Crippen MR) is 136 cm³/mol. The van der Waals surface area contributed by atoms with Crippen molar-refractivity contribution in [2.24, 2.45) is 0 Å². The summed E-state index contributed by atoms with van der Waals surface area (Å²) in [6, 6.07) is 14.0. The lowest BCUT2D eigenvalue weighted by atomic mass is 9.95. The quantitative estimate of drug-likeness (QED) is 0.449. The first-order valence-electron chi connectivity index (χ1n) is 11.5. The lowest BCUT2D eigenvalue weighted by Crippen LogP contribution is -2.27. The number of methoxy groups -OCH3 is 1. The highest BCUT2D eigenvalue weighted by atomic mass is 16.5. The van der Waals surface area contributed by atoms with Crippen LogP contribution >= 0.6 is 0 Å². The van der Waals surface area contributed by atoms with Gasteiger partial charge in [0.15, 0.2) is 0 Å². The third kappa shape index (κ3) is 5.28. The van der Waals surface area contributed by atoms with Crippen LogP contribution in [-0.4, -0.2) is 28.6 Å². The Hall–Kier alpha value is -3.67. The topological polar surface area (TPSA) is 60.4 Å². The van der Waals surface area contributed by atoms with E-state index >= 15 is 0 Å². The van der Waals surface area contributed by atoms with Crippen molar-refractivity contribution in [1.82, 2.24) is 15.0 Å². The van der Waals surface area contributed by atoms with Crippen LogP contribution < -0.4 is 9.64 Å². The first-order chi connectivity index (χ1) is 16.2. The molecule has 0 spiro atoms. The first kappa shape index (κ1) is 23.5. The van der Waals surface area contributed by atoms with Gasteiger partial charge in [-0.2, -0.15) is 0 Å². The molecule has 6 nitrogen and oxygen atoms in total. The maximum atomic E-state index is 6.17. The van der Waals surface area contributed by atoms with Crippen molar-refractivity contribution in [3.8, 4) is 17.1 Å². The Bertz CT molecular complexity index is 1240. The molecule has 4 rings (SSSR count). The van der Waals surface area contributed by atoms with Crippen LogP contribution in [0.2, 0.25) is 0 Å². The van der Waals surface area contributed by atoms with Crippen LogP contribution in [0, 0.1) is 0 Å². The molecule has 176 valence electrons. The van der Waals surface area contributed by atoms with Gasteiger partial charge in [-0.05, 0) is 61.4 Å². The summed E-state index contributed by atoms with van der Waals surface area (Å²) in [5.41, 5.74) is 5.97. The highest BCUT2D eigenvalue weighted by Crippen LogP contribution is 2.30. The lowest BCUT2D eigenvalue weighted by molar-refractivity contribution is 0.205. The molecule has 0 bridgehead atoms. The van der Waals surface area contributed by atoms with E-state index in [9.17, 15) is 0 Å². The zero-order valence-electron chi connectivity index (χ0n) is 20.8.